The second-order valence-corrected chi connectivity index (χ2v) is 7.52. The summed E-state index contributed by atoms with van der Waals surface area (Å²) in [5, 5.41) is 51.6. The molecule has 0 radical (unpaired) electrons. The Hall–Kier alpha value is -5.46. The van der Waals surface area contributed by atoms with Gasteiger partial charge in [-0.3, -0.25) is 0 Å². The number of nitrogens with zero attached hydrogens (tertiary/aromatic N) is 6. The lowest BCUT2D eigenvalue weighted by Crippen LogP contribution is -2.19. The SMILES string of the molecule is CC.N#CCc1c(C(F)(F)F)cc(C#N)c(C#N)c1C(F)(F)F.N#CCc1cc(C#N)c(C(F)(F)F)c(C#N)c1C(F)(F)F. The number of hydrogen-bond donors (Lipinski definition) is 0. The molecular weight excluding hydrogens is 624 g/mol. The Morgan fingerprint density at radius 2 is 0.932 bits per heavy atom. The molecule has 230 valence electrons. The van der Waals surface area contributed by atoms with Gasteiger partial charge in [0.2, 0.25) is 0 Å². The number of hydrogen-bond acceptors (Lipinski definition) is 6. The van der Waals surface area contributed by atoms with Crippen LogP contribution in [0, 0.1) is 68.0 Å². The van der Waals surface area contributed by atoms with Crippen molar-refractivity contribution in [2.24, 2.45) is 0 Å². The standard InChI is InChI=1S/2C12H3F6N3.C2H6/c13-11(14,15)9-3-6(4-20)8(5-21)10(12(16,17)18)7(9)1-2-19;13-11(14,15)9-6(1-2-19)3-7(4-20)10(8(9)5-21)12(16,17)18;1-2/h2*3H,1H2;1-2H3. The zero-order valence-corrected chi connectivity index (χ0v) is 21.8. The van der Waals surface area contributed by atoms with Gasteiger partial charge < -0.3 is 0 Å². The van der Waals surface area contributed by atoms with E-state index in [1.54, 1.807) is 0 Å². The molecule has 2 aromatic carbocycles. The van der Waals surface area contributed by atoms with E-state index in [0.29, 0.717) is 6.07 Å². The average molecular weight is 636 g/mol. The van der Waals surface area contributed by atoms with Crippen LogP contribution in [0.4, 0.5) is 52.7 Å². The molecule has 0 saturated heterocycles. The Labute approximate surface area is 240 Å². The molecule has 0 amide bonds. The minimum Gasteiger partial charge on any atom is -0.198 e. The molecule has 0 saturated carbocycles. The maximum absolute atomic E-state index is 13.0. The normalized spacial score (nSPS) is 11.0. The van der Waals surface area contributed by atoms with Crippen LogP contribution in [-0.4, -0.2) is 0 Å². The molecule has 0 fully saturated rings. The molecule has 0 bridgehead atoms. The van der Waals surface area contributed by atoms with Crippen LogP contribution in [0.1, 0.15) is 69.5 Å². The van der Waals surface area contributed by atoms with E-state index in [1.165, 1.54) is 12.1 Å². The molecule has 44 heavy (non-hydrogen) atoms. The topological polar surface area (TPSA) is 143 Å². The van der Waals surface area contributed by atoms with Crippen molar-refractivity contribution >= 4 is 0 Å². The van der Waals surface area contributed by atoms with Gasteiger partial charge in [0.15, 0.2) is 0 Å². The van der Waals surface area contributed by atoms with Gasteiger partial charge in [0, 0.05) is 0 Å². The van der Waals surface area contributed by atoms with Gasteiger partial charge in [0.1, 0.15) is 18.2 Å². The Balaban J connectivity index is 0.000000795. The van der Waals surface area contributed by atoms with Crippen molar-refractivity contribution in [2.75, 3.05) is 0 Å². The number of nitriles is 6. The number of rotatable bonds is 2. The predicted molar refractivity (Wildman–Crippen MR) is 122 cm³/mol. The fourth-order valence-corrected chi connectivity index (χ4v) is 3.54. The molecule has 0 atom stereocenters. The van der Waals surface area contributed by atoms with Crippen LogP contribution >= 0.6 is 0 Å². The summed E-state index contributed by atoms with van der Waals surface area (Å²) < 4.78 is 155. The highest BCUT2D eigenvalue weighted by atomic mass is 19.4. The first-order chi connectivity index (χ1) is 20.1. The van der Waals surface area contributed by atoms with Gasteiger partial charge in [0.05, 0.1) is 75.6 Å². The molecule has 18 heteroatoms. The maximum Gasteiger partial charge on any atom is 0.418 e. The first kappa shape index (κ1) is 38.5. The molecule has 0 aliphatic rings. The molecule has 0 N–H and O–H groups in total. The molecule has 0 aliphatic heterocycles. The largest absolute Gasteiger partial charge is 0.418 e. The van der Waals surface area contributed by atoms with Crippen LogP contribution in [0.2, 0.25) is 0 Å². The summed E-state index contributed by atoms with van der Waals surface area (Å²) in [7, 11) is 0. The fraction of sp³-hybridized carbons (Fsp3) is 0.308. The van der Waals surface area contributed by atoms with Crippen molar-refractivity contribution in [2.45, 2.75) is 51.4 Å². The third-order valence-electron chi connectivity index (χ3n) is 4.99. The Bertz CT molecular complexity index is 1640. The van der Waals surface area contributed by atoms with Gasteiger partial charge in [-0.05, 0) is 23.3 Å². The molecule has 0 heterocycles. The predicted octanol–water partition coefficient (Wildman–Crippen LogP) is 8.09. The lowest BCUT2D eigenvalue weighted by Gasteiger charge is -2.19. The van der Waals surface area contributed by atoms with Crippen molar-refractivity contribution < 1.29 is 52.7 Å². The van der Waals surface area contributed by atoms with E-state index < -0.39 is 93.2 Å². The van der Waals surface area contributed by atoms with Crippen molar-refractivity contribution in [3.8, 4) is 36.4 Å². The van der Waals surface area contributed by atoms with Crippen LogP contribution < -0.4 is 0 Å². The first-order valence-electron chi connectivity index (χ1n) is 11.2. The van der Waals surface area contributed by atoms with E-state index in [-0.39, 0.29) is 6.07 Å². The van der Waals surface area contributed by atoms with Crippen molar-refractivity contribution in [1.29, 1.82) is 31.6 Å². The van der Waals surface area contributed by atoms with Crippen LogP contribution in [0.15, 0.2) is 12.1 Å². The summed E-state index contributed by atoms with van der Waals surface area (Å²) in [6.07, 6.45) is -23.1. The monoisotopic (exact) mass is 636 g/mol. The summed E-state index contributed by atoms with van der Waals surface area (Å²) >= 11 is 0. The molecule has 6 nitrogen and oxygen atoms in total. The highest BCUT2D eigenvalue weighted by Gasteiger charge is 2.45. The van der Waals surface area contributed by atoms with E-state index in [2.05, 4.69) is 0 Å². The van der Waals surface area contributed by atoms with E-state index >= 15 is 0 Å². The maximum atomic E-state index is 13.0. The second-order valence-electron chi connectivity index (χ2n) is 7.52. The molecule has 0 aromatic heterocycles. The lowest BCUT2D eigenvalue weighted by atomic mass is 9.90. The van der Waals surface area contributed by atoms with Crippen LogP contribution in [0.5, 0.6) is 0 Å². The number of halogens is 12. The average Bonchev–Trinajstić information content (AvgIpc) is 2.90. The summed E-state index contributed by atoms with van der Waals surface area (Å²) in [5.74, 6) is 0. The third kappa shape index (κ3) is 8.77. The fourth-order valence-electron chi connectivity index (χ4n) is 3.54. The zero-order chi connectivity index (χ0) is 34.8. The minimum absolute atomic E-state index is 0.153. The van der Waals surface area contributed by atoms with Gasteiger partial charge in [0.25, 0.3) is 0 Å². The highest BCUT2D eigenvalue weighted by Crippen LogP contribution is 2.44. The van der Waals surface area contributed by atoms with Gasteiger partial charge in [-0.2, -0.15) is 84.3 Å². The van der Waals surface area contributed by atoms with Gasteiger partial charge in [-0.1, -0.05) is 13.8 Å². The van der Waals surface area contributed by atoms with Crippen molar-refractivity contribution in [1.82, 2.24) is 0 Å². The van der Waals surface area contributed by atoms with Gasteiger partial charge in [-0.25, -0.2) is 0 Å². The molecule has 2 aromatic rings. The smallest absolute Gasteiger partial charge is 0.198 e. The van der Waals surface area contributed by atoms with E-state index in [4.69, 9.17) is 31.6 Å². The first-order valence-corrected chi connectivity index (χ1v) is 11.2. The molecule has 0 unspecified atom stereocenters. The highest BCUT2D eigenvalue weighted by molar-refractivity contribution is 5.60. The van der Waals surface area contributed by atoms with E-state index in [1.807, 2.05) is 13.8 Å². The van der Waals surface area contributed by atoms with E-state index in [9.17, 15) is 52.7 Å². The quantitative estimate of drug-likeness (QED) is 0.305. The summed E-state index contributed by atoms with van der Waals surface area (Å²) in [4.78, 5) is 0. The number of benzene rings is 2. The third-order valence-corrected chi connectivity index (χ3v) is 4.99. The minimum atomic E-state index is -5.30. The van der Waals surface area contributed by atoms with E-state index in [0.717, 1.165) is 24.3 Å². The second kappa shape index (κ2) is 14.6. The zero-order valence-electron chi connectivity index (χ0n) is 21.8. The summed E-state index contributed by atoms with van der Waals surface area (Å²) in [5.41, 5.74) is -14.7. The molecule has 2 rings (SSSR count). The van der Waals surface area contributed by atoms with Gasteiger partial charge >= 0.3 is 24.7 Å². The lowest BCUT2D eigenvalue weighted by molar-refractivity contribution is -0.145. The number of alkyl halides is 12. The molecule has 0 spiro atoms. The summed E-state index contributed by atoms with van der Waals surface area (Å²) in [6.45, 7) is 4.00. The van der Waals surface area contributed by atoms with Crippen LogP contribution in [0.25, 0.3) is 0 Å². The Morgan fingerprint density at radius 1 is 0.500 bits per heavy atom. The Morgan fingerprint density at radius 3 is 1.25 bits per heavy atom. The molecular formula is C26H12F12N6. The van der Waals surface area contributed by atoms with Crippen molar-refractivity contribution in [3.63, 3.8) is 0 Å². The van der Waals surface area contributed by atoms with Crippen LogP contribution in [-0.2, 0) is 37.5 Å². The molecule has 0 aliphatic carbocycles. The van der Waals surface area contributed by atoms with Crippen molar-refractivity contribution in [3.05, 3.63) is 67.8 Å². The Kier molecular flexibility index (Phi) is 12.8. The van der Waals surface area contributed by atoms with Crippen LogP contribution in [0.3, 0.4) is 0 Å². The van der Waals surface area contributed by atoms with Gasteiger partial charge in [-0.15, -0.1) is 0 Å². The summed E-state index contributed by atoms with van der Waals surface area (Å²) in [6, 6.07) is 7.23.